The maximum atomic E-state index is 11.2. The molecule has 0 aliphatic rings. The molecule has 0 spiro atoms. The molecule has 5 heteroatoms. The highest BCUT2D eigenvalue weighted by molar-refractivity contribution is 9.10. The Morgan fingerprint density at radius 1 is 1.57 bits per heavy atom. The average molecular weight is 256 g/mol. The standard InChI is InChI=1S/C9H6BrNO3/c1-2-9(12)7-5-6(10)3-4-8(7)11(13)14/h2-5H,1H2. The fourth-order valence-corrected chi connectivity index (χ4v) is 1.34. The molecule has 0 radical (unpaired) electrons. The van der Waals surface area contributed by atoms with Gasteiger partial charge in [0.25, 0.3) is 5.69 Å². The van der Waals surface area contributed by atoms with Crippen LogP contribution in [0.4, 0.5) is 5.69 Å². The van der Waals surface area contributed by atoms with Crippen LogP contribution in [0.5, 0.6) is 0 Å². The zero-order valence-corrected chi connectivity index (χ0v) is 8.65. The van der Waals surface area contributed by atoms with E-state index in [0.717, 1.165) is 6.08 Å². The zero-order chi connectivity index (χ0) is 10.7. The van der Waals surface area contributed by atoms with Gasteiger partial charge in [-0.2, -0.15) is 0 Å². The Hall–Kier alpha value is -1.49. The van der Waals surface area contributed by atoms with Gasteiger partial charge in [0.15, 0.2) is 5.78 Å². The summed E-state index contributed by atoms with van der Waals surface area (Å²) in [5, 5.41) is 10.6. The number of allylic oxidation sites excluding steroid dienone is 1. The van der Waals surface area contributed by atoms with E-state index in [1.165, 1.54) is 18.2 Å². The number of ketones is 1. The number of halogens is 1. The first-order valence-electron chi connectivity index (χ1n) is 3.67. The summed E-state index contributed by atoms with van der Waals surface area (Å²) in [7, 11) is 0. The van der Waals surface area contributed by atoms with Crippen LogP contribution in [0.1, 0.15) is 10.4 Å². The lowest BCUT2D eigenvalue weighted by Crippen LogP contribution is -2.00. The number of nitro groups is 1. The molecule has 0 fully saturated rings. The first kappa shape index (κ1) is 10.6. The summed E-state index contributed by atoms with van der Waals surface area (Å²) in [5.41, 5.74) is -0.169. The molecular weight excluding hydrogens is 250 g/mol. The van der Waals surface area contributed by atoms with Gasteiger partial charge in [0.2, 0.25) is 0 Å². The van der Waals surface area contributed by atoms with E-state index in [0.29, 0.717) is 4.47 Å². The van der Waals surface area contributed by atoms with Gasteiger partial charge in [0, 0.05) is 10.5 Å². The van der Waals surface area contributed by atoms with Crippen molar-refractivity contribution >= 4 is 27.4 Å². The Morgan fingerprint density at radius 2 is 2.21 bits per heavy atom. The van der Waals surface area contributed by atoms with Crippen molar-refractivity contribution in [1.29, 1.82) is 0 Å². The van der Waals surface area contributed by atoms with Gasteiger partial charge in [0.05, 0.1) is 4.92 Å². The normalized spacial score (nSPS) is 9.50. The summed E-state index contributed by atoms with van der Waals surface area (Å²) in [6.45, 7) is 3.28. The molecular formula is C9H6BrNO3. The molecule has 1 rings (SSSR count). The van der Waals surface area contributed by atoms with Crippen molar-refractivity contribution in [3.8, 4) is 0 Å². The van der Waals surface area contributed by atoms with E-state index in [9.17, 15) is 14.9 Å². The Bertz CT molecular complexity index is 415. The van der Waals surface area contributed by atoms with E-state index in [1.54, 1.807) is 0 Å². The highest BCUT2D eigenvalue weighted by Gasteiger charge is 2.17. The van der Waals surface area contributed by atoms with Gasteiger partial charge in [-0.25, -0.2) is 0 Å². The van der Waals surface area contributed by atoms with E-state index in [1.807, 2.05) is 0 Å². The summed E-state index contributed by atoms with van der Waals surface area (Å²) in [6.07, 6.45) is 1.05. The van der Waals surface area contributed by atoms with E-state index < -0.39 is 10.7 Å². The van der Waals surface area contributed by atoms with E-state index in [4.69, 9.17) is 0 Å². The molecule has 1 aromatic carbocycles. The number of rotatable bonds is 3. The SMILES string of the molecule is C=CC(=O)c1cc(Br)ccc1[N+](=O)[O-]. The molecule has 0 saturated heterocycles. The van der Waals surface area contributed by atoms with Crippen molar-refractivity contribution in [3.63, 3.8) is 0 Å². The summed E-state index contributed by atoms with van der Waals surface area (Å²) < 4.78 is 0.619. The molecule has 0 aliphatic heterocycles. The van der Waals surface area contributed by atoms with Crippen LogP contribution < -0.4 is 0 Å². The summed E-state index contributed by atoms with van der Waals surface area (Å²) in [5.74, 6) is -0.460. The minimum absolute atomic E-state index is 0.0411. The number of nitrogens with zero attached hydrogens (tertiary/aromatic N) is 1. The Morgan fingerprint density at radius 3 is 2.71 bits per heavy atom. The predicted molar refractivity (Wildman–Crippen MR) is 55.3 cm³/mol. The molecule has 0 heterocycles. The van der Waals surface area contributed by atoms with Gasteiger partial charge >= 0.3 is 0 Å². The molecule has 0 atom stereocenters. The van der Waals surface area contributed by atoms with Crippen molar-refractivity contribution in [2.45, 2.75) is 0 Å². The molecule has 14 heavy (non-hydrogen) atoms. The summed E-state index contributed by atoms with van der Waals surface area (Å²) >= 11 is 3.13. The largest absolute Gasteiger partial charge is 0.289 e. The number of benzene rings is 1. The van der Waals surface area contributed by atoms with E-state index in [-0.39, 0.29) is 11.3 Å². The lowest BCUT2D eigenvalue weighted by molar-refractivity contribution is -0.385. The second kappa shape index (κ2) is 4.15. The molecule has 4 nitrogen and oxygen atoms in total. The predicted octanol–water partition coefficient (Wildman–Crippen LogP) is 2.73. The highest BCUT2D eigenvalue weighted by atomic mass is 79.9. The lowest BCUT2D eigenvalue weighted by Gasteiger charge is -1.99. The number of carbonyl (C=O) groups excluding carboxylic acids is 1. The Kier molecular flexibility index (Phi) is 3.14. The minimum atomic E-state index is -0.594. The number of nitro benzene ring substituents is 1. The number of hydrogen-bond acceptors (Lipinski definition) is 3. The molecule has 0 saturated carbocycles. The fourth-order valence-electron chi connectivity index (χ4n) is 0.975. The third kappa shape index (κ3) is 2.05. The molecule has 72 valence electrons. The fraction of sp³-hybridized carbons (Fsp3) is 0. The molecule has 0 unspecified atom stereocenters. The van der Waals surface area contributed by atoms with Crippen LogP contribution in [-0.4, -0.2) is 10.7 Å². The molecule has 0 amide bonds. The molecule has 0 aliphatic carbocycles. The van der Waals surface area contributed by atoms with Gasteiger partial charge in [-0.15, -0.1) is 0 Å². The number of carbonyl (C=O) groups is 1. The van der Waals surface area contributed by atoms with Gasteiger partial charge < -0.3 is 0 Å². The van der Waals surface area contributed by atoms with Crippen molar-refractivity contribution in [2.75, 3.05) is 0 Å². The topological polar surface area (TPSA) is 60.2 Å². The van der Waals surface area contributed by atoms with Crippen molar-refractivity contribution < 1.29 is 9.72 Å². The highest BCUT2D eigenvalue weighted by Crippen LogP contribution is 2.23. The summed E-state index contributed by atoms with van der Waals surface area (Å²) in [4.78, 5) is 21.2. The third-order valence-electron chi connectivity index (χ3n) is 1.61. The van der Waals surface area contributed by atoms with Crippen LogP contribution >= 0.6 is 15.9 Å². The first-order valence-corrected chi connectivity index (χ1v) is 4.46. The van der Waals surface area contributed by atoms with Crippen LogP contribution in [-0.2, 0) is 0 Å². The molecule has 0 aromatic heterocycles. The van der Waals surface area contributed by atoms with Crippen LogP contribution in [0.15, 0.2) is 35.3 Å². The van der Waals surface area contributed by atoms with E-state index >= 15 is 0 Å². The quantitative estimate of drug-likeness (QED) is 0.361. The average Bonchev–Trinajstić information content (AvgIpc) is 2.16. The molecule has 0 bridgehead atoms. The molecule has 0 N–H and O–H groups in total. The Balaban J connectivity index is 3.36. The van der Waals surface area contributed by atoms with Crippen LogP contribution in [0.25, 0.3) is 0 Å². The monoisotopic (exact) mass is 255 g/mol. The van der Waals surface area contributed by atoms with Crippen LogP contribution in [0, 0.1) is 10.1 Å². The maximum absolute atomic E-state index is 11.2. The van der Waals surface area contributed by atoms with E-state index in [2.05, 4.69) is 22.5 Å². The molecule has 1 aromatic rings. The first-order chi connectivity index (χ1) is 6.56. The lowest BCUT2D eigenvalue weighted by atomic mass is 10.1. The third-order valence-corrected chi connectivity index (χ3v) is 2.10. The smallest absolute Gasteiger partial charge is 0.280 e. The van der Waals surface area contributed by atoms with Crippen LogP contribution in [0.3, 0.4) is 0 Å². The van der Waals surface area contributed by atoms with Gasteiger partial charge in [0.1, 0.15) is 5.56 Å². The van der Waals surface area contributed by atoms with Crippen LogP contribution in [0.2, 0.25) is 0 Å². The second-order valence-corrected chi connectivity index (χ2v) is 3.40. The zero-order valence-electron chi connectivity index (χ0n) is 7.07. The summed E-state index contributed by atoms with van der Waals surface area (Å²) in [6, 6.07) is 4.20. The van der Waals surface area contributed by atoms with Crippen molar-refractivity contribution in [1.82, 2.24) is 0 Å². The minimum Gasteiger partial charge on any atom is -0.289 e. The van der Waals surface area contributed by atoms with Crippen molar-refractivity contribution in [2.24, 2.45) is 0 Å². The number of hydrogen-bond donors (Lipinski definition) is 0. The second-order valence-electron chi connectivity index (χ2n) is 2.49. The van der Waals surface area contributed by atoms with Gasteiger partial charge in [-0.3, -0.25) is 14.9 Å². The van der Waals surface area contributed by atoms with Crippen molar-refractivity contribution in [3.05, 3.63) is 51.0 Å². The van der Waals surface area contributed by atoms with Gasteiger partial charge in [-0.1, -0.05) is 22.5 Å². The Labute approximate surface area is 88.5 Å². The van der Waals surface area contributed by atoms with Gasteiger partial charge in [-0.05, 0) is 18.2 Å². The maximum Gasteiger partial charge on any atom is 0.280 e.